The number of hydrogen-bond donors (Lipinski definition) is 1. The van der Waals surface area contributed by atoms with Gasteiger partial charge in [0.05, 0.1) is 0 Å². The van der Waals surface area contributed by atoms with Gasteiger partial charge in [0.1, 0.15) is 0 Å². The Morgan fingerprint density at radius 1 is 1.50 bits per heavy atom. The lowest BCUT2D eigenvalue weighted by molar-refractivity contribution is 0.0689. The lowest BCUT2D eigenvalue weighted by Gasteiger charge is -1.95. The molecule has 0 atom stereocenters. The average Bonchev–Trinajstić information content (AvgIpc) is 2.08. The van der Waals surface area contributed by atoms with Gasteiger partial charge in [-0.15, -0.1) is 0 Å². The molecule has 0 aliphatic heterocycles. The van der Waals surface area contributed by atoms with Crippen molar-refractivity contribution in [2.75, 3.05) is 0 Å². The summed E-state index contributed by atoms with van der Waals surface area (Å²) in [4.78, 5) is 14.0. The molecule has 1 aromatic rings. The number of aryl methyl sites for hydroxylation is 1. The number of carboxylic acids is 1. The topological polar surface area (TPSA) is 50.2 Å². The fraction of sp³-hybridized carbons (Fsp3) is 0.333. The Labute approximate surface area is 72.1 Å². The van der Waals surface area contributed by atoms with E-state index in [2.05, 4.69) is 4.98 Å². The van der Waals surface area contributed by atoms with E-state index >= 15 is 0 Å². The van der Waals surface area contributed by atoms with E-state index in [1.165, 1.54) is 6.20 Å². The van der Waals surface area contributed by atoms with E-state index in [-0.39, 0.29) is 5.69 Å². The van der Waals surface area contributed by atoms with E-state index in [1.54, 1.807) is 19.1 Å². The Morgan fingerprint density at radius 2 is 2.08 bits per heavy atom. The SMILES string of the molecule is CC.Cc1cccnc1C(=O)O. The van der Waals surface area contributed by atoms with Crippen molar-refractivity contribution in [3.63, 3.8) is 0 Å². The Hall–Kier alpha value is -1.38. The van der Waals surface area contributed by atoms with Gasteiger partial charge in [0.2, 0.25) is 0 Å². The number of nitrogens with zero attached hydrogens (tertiary/aromatic N) is 1. The summed E-state index contributed by atoms with van der Waals surface area (Å²) >= 11 is 0. The first-order chi connectivity index (χ1) is 5.72. The molecule has 0 fully saturated rings. The molecule has 1 aromatic heterocycles. The Bertz CT molecular complexity index is 258. The summed E-state index contributed by atoms with van der Waals surface area (Å²) < 4.78 is 0. The van der Waals surface area contributed by atoms with E-state index in [4.69, 9.17) is 5.11 Å². The minimum absolute atomic E-state index is 0.127. The molecule has 1 N–H and O–H groups in total. The summed E-state index contributed by atoms with van der Waals surface area (Å²) in [5.74, 6) is -0.974. The highest BCUT2D eigenvalue weighted by molar-refractivity contribution is 5.86. The summed E-state index contributed by atoms with van der Waals surface area (Å²) in [6.07, 6.45) is 1.47. The highest BCUT2D eigenvalue weighted by Crippen LogP contribution is 2.01. The monoisotopic (exact) mass is 167 g/mol. The van der Waals surface area contributed by atoms with E-state index in [0.29, 0.717) is 5.56 Å². The fourth-order valence-electron chi connectivity index (χ4n) is 0.710. The normalized spacial score (nSPS) is 8.25. The number of pyridine rings is 1. The van der Waals surface area contributed by atoms with Crippen LogP contribution in [0.15, 0.2) is 18.3 Å². The predicted molar refractivity (Wildman–Crippen MR) is 47.3 cm³/mol. The second-order valence-corrected chi connectivity index (χ2v) is 1.97. The molecule has 12 heavy (non-hydrogen) atoms. The van der Waals surface area contributed by atoms with Crippen molar-refractivity contribution < 1.29 is 9.90 Å². The Kier molecular flexibility index (Phi) is 4.69. The lowest BCUT2D eigenvalue weighted by atomic mass is 10.2. The van der Waals surface area contributed by atoms with Gasteiger partial charge >= 0.3 is 5.97 Å². The van der Waals surface area contributed by atoms with Crippen molar-refractivity contribution in [3.05, 3.63) is 29.6 Å². The van der Waals surface area contributed by atoms with Crippen LogP contribution >= 0.6 is 0 Å². The smallest absolute Gasteiger partial charge is 0.354 e. The summed E-state index contributed by atoms with van der Waals surface area (Å²) in [6, 6.07) is 3.43. The number of hydrogen-bond acceptors (Lipinski definition) is 2. The molecule has 0 aliphatic carbocycles. The molecule has 0 bridgehead atoms. The third-order valence-corrected chi connectivity index (χ3v) is 1.21. The van der Waals surface area contributed by atoms with Crippen LogP contribution in [0.2, 0.25) is 0 Å². The molecule has 0 amide bonds. The van der Waals surface area contributed by atoms with Gasteiger partial charge in [-0.25, -0.2) is 9.78 Å². The molecule has 3 nitrogen and oxygen atoms in total. The number of aromatic nitrogens is 1. The van der Waals surface area contributed by atoms with Crippen LogP contribution < -0.4 is 0 Å². The van der Waals surface area contributed by atoms with Crippen molar-refractivity contribution in [1.29, 1.82) is 0 Å². The molecular weight excluding hydrogens is 154 g/mol. The van der Waals surface area contributed by atoms with Gasteiger partial charge in [0.25, 0.3) is 0 Å². The summed E-state index contributed by atoms with van der Waals surface area (Å²) in [7, 11) is 0. The quantitative estimate of drug-likeness (QED) is 0.696. The first kappa shape index (κ1) is 10.6. The van der Waals surface area contributed by atoms with Gasteiger partial charge in [-0.3, -0.25) is 0 Å². The van der Waals surface area contributed by atoms with Crippen LogP contribution in [0.25, 0.3) is 0 Å². The van der Waals surface area contributed by atoms with E-state index < -0.39 is 5.97 Å². The number of carboxylic acid groups (broad SMARTS) is 1. The molecule has 0 saturated heterocycles. The maximum Gasteiger partial charge on any atom is 0.354 e. The molecule has 0 aliphatic rings. The number of carbonyl (C=O) groups is 1. The van der Waals surface area contributed by atoms with E-state index in [0.717, 1.165) is 0 Å². The van der Waals surface area contributed by atoms with Gasteiger partial charge < -0.3 is 5.11 Å². The van der Waals surface area contributed by atoms with Crippen LogP contribution in [0, 0.1) is 6.92 Å². The van der Waals surface area contributed by atoms with Gasteiger partial charge in [-0.1, -0.05) is 19.9 Å². The summed E-state index contributed by atoms with van der Waals surface area (Å²) in [5.41, 5.74) is 0.817. The summed E-state index contributed by atoms with van der Waals surface area (Å²) in [5, 5.41) is 8.50. The highest BCUT2D eigenvalue weighted by atomic mass is 16.4. The second kappa shape index (κ2) is 5.29. The lowest BCUT2D eigenvalue weighted by Crippen LogP contribution is -2.01. The van der Waals surface area contributed by atoms with Crippen molar-refractivity contribution in [3.8, 4) is 0 Å². The highest BCUT2D eigenvalue weighted by Gasteiger charge is 2.05. The molecule has 1 heterocycles. The zero-order valence-corrected chi connectivity index (χ0v) is 7.53. The van der Waals surface area contributed by atoms with Gasteiger partial charge in [0.15, 0.2) is 5.69 Å². The van der Waals surface area contributed by atoms with Crippen LogP contribution in [0.1, 0.15) is 29.9 Å². The molecule has 1 rings (SSSR count). The summed E-state index contributed by atoms with van der Waals surface area (Å²) in [6.45, 7) is 5.72. The van der Waals surface area contributed by atoms with E-state index in [1.807, 2.05) is 13.8 Å². The molecule has 3 heteroatoms. The van der Waals surface area contributed by atoms with Crippen LogP contribution in [-0.4, -0.2) is 16.1 Å². The molecule has 0 unspecified atom stereocenters. The molecule has 0 aromatic carbocycles. The molecule has 0 saturated carbocycles. The van der Waals surface area contributed by atoms with Crippen molar-refractivity contribution in [2.24, 2.45) is 0 Å². The molecule has 66 valence electrons. The van der Waals surface area contributed by atoms with Crippen LogP contribution in [0.5, 0.6) is 0 Å². The van der Waals surface area contributed by atoms with Gasteiger partial charge in [-0.05, 0) is 18.6 Å². The molecular formula is C9H13NO2. The van der Waals surface area contributed by atoms with Crippen LogP contribution in [0.4, 0.5) is 0 Å². The Balaban J connectivity index is 0.000000561. The van der Waals surface area contributed by atoms with Gasteiger partial charge in [-0.2, -0.15) is 0 Å². The molecule has 0 radical (unpaired) electrons. The Morgan fingerprint density at radius 3 is 2.42 bits per heavy atom. The largest absolute Gasteiger partial charge is 0.477 e. The van der Waals surface area contributed by atoms with Crippen LogP contribution in [-0.2, 0) is 0 Å². The van der Waals surface area contributed by atoms with Crippen LogP contribution in [0.3, 0.4) is 0 Å². The fourth-order valence-corrected chi connectivity index (χ4v) is 0.710. The maximum atomic E-state index is 10.4. The van der Waals surface area contributed by atoms with Gasteiger partial charge in [0, 0.05) is 6.20 Å². The third kappa shape index (κ3) is 2.70. The predicted octanol–water partition coefficient (Wildman–Crippen LogP) is 2.11. The number of rotatable bonds is 1. The van der Waals surface area contributed by atoms with Crippen molar-refractivity contribution in [2.45, 2.75) is 20.8 Å². The third-order valence-electron chi connectivity index (χ3n) is 1.21. The minimum atomic E-state index is -0.974. The first-order valence-electron chi connectivity index (χ1n) is 3.86. The van der Waals surface area contributed by atoms with E-state index in [9.17, 15) is 4.79 Å². The molecule has 0 spiro atoms. The first-order valence-corrected chi connectivity index (χ1v) is 3.86. The standard InChI is InChI=1S/C7H7NO2.C2H6/c1-5-3-2-4-8-6(5)7(9)10;1-2/h2-4H,1H3,(H,9,10);1-2H3. The average molecular weight is 167 g/mol. The second-order valence-electron chi connectivity index (χ2n) is 1.97. The minimum Gasteiger partial charge on any atom is -0.477 e. The van der Waals surface area contributed by atoms with Crippen molar-refractivity contribution in [1.82, 2.24) is 4.98 Å². The zero-order chi connectivity index (χ0) is 9.56. The maximum absolute atomic E-state index is 10.4. The zero-order valence-electron chi connectivity index (χ0n) is 7.53. The number of aromatic carboxylic acids is 1. The van der Waals surface area contributed by atoms with Crippen molar-refractivity contribution >= 4 is 5.97 Å².